The van der Waals surface area contributed by atoms with Gasteiger partial charge in [-0.05, 0) is 150 Å². The molecule has 3 aliphatic heterocycles. The van der Waals surface area contributed by atoms with Gasteiger partial charge in [0.15, 0.2) is 11.5 Å². The minimum atomic E-state index is -0.0626. The zero-order valence-electron chi connectivity index (χ0n) is 41.4. The molecule has 5 heteroatoms. The van der Waals surface area contributed by atoms with Crippen LogP contribution < -0.4 is 35.7 Å². The summed E-state index contributed by atoms with van der Waals surface area (Å²) in [7, 11) is 0. The molecule has 0 N–H and O–H groups in total. The van der Waals surface area contributed by atoms with Crippen LogP contribution in [0.3, 0.4) is 0 Å². The Morgan fingerprint density at radius 2 is 0.803 bits per heavy atom. The molecule has 0 aromatic heterocycles. The van der Waals surface area contributed by atoms with Gasteiger partial charge in [0.25, 0.3) is 6.71 Å². The normalized spacial score (nSPS) is 14.5. The van der Waals surface area contributed by atoms with E-state index in [1.54, 1.807) is 0 Å². The summed E-state index contributed by atoms with van der Waals surface area (Å²) in [6.45, 7) is 30.8. The highest BCUT2D eigenvalue weighted by Gasteiger charge is 2.45. The molecule has 0 fully saturated rings. The first-order chi connectivity index (χ1) is 31.1. The molecule has 0 spiro atoms. The van der Waals surface area contributed by atoms with Gasteiger partial charge in [-0.3, -0.25) is 0 Å². The Morgan fingerprint density at radius 1 is 0.379 bits per heavy atom. The monoisotopic (exact) mass is 869 g/mol. The van der Waals surface area contributed by atoms with Crippen molar-refractivity contribution in [3.8, 4) is 33.8 Å². The van der Waals surface area contributed by atoms with E-state index < -0.39 is 0 Å². The Balaban J connectivity index is 1.26. The SMILES string of the molecule is Cc1cc2c3c(c1)N(c1ccc(C(C)(C)C)cc1)c1cc4c(cc1B3c1cc(C(C)(C)C)ccc1N2c1cc(-c2ccc(C(C)(C)C)cc2)cc(-c2ccc(C(C)(C)C)cc2)c1)OCCO4. The van der Waals surface area contributed by atoms with E-state index in [0.29, 0.717) is 13.2 Å². The predicted octanol–water partition coefficient (Wildman–Crippen LogP) is 14.4. The highest BCUT2D eigenvalue weighted by Crippen LogP contribution is 2.48. The molecule has 334 valence electrons. The average molecular weight is 869 g/mol. The number of anilines is 6. The molecular weight excluding hydrogens is 803 g/mol. The van der Waals surface area contributed by atoms with Gasteiger partial charge in [-0.2, -0.15) is 0 Å². The lowest BCUT2D eigenvalue weighted by Gasteiger charge is -2.45. The van der Waals surface area contributed by atoms with Crippen LogP contribution in [0.5, 0.6) is 11.5 Å². The second-order valence-corrected chi connectivity index (χ2v) is 23.1. The van der Waals surface area contributed by atoms with Crippen LogP contribution in [-0.4, -0.2) is 19.9 Å². The Bertz CT molecular complexity index is 2930. The molecular formula is C61H65BN2O2. The van der Waals surface area contributed by atoms with Crippen LogP contribution in [0.2, 0.25) is 0 Å². The van der Waals surface area contributed by atoms with Crippen molar-refractivity contribution in [3.05, 3.63) is 161 Å². The van der Waals surface area contributed by atoms with Crippen molar-refractivity contribution < 1.29 is 9.47 Å². The molecule has 3 aliphatic rings. The number of ether oxygens (including phenoxy) is 2. The number of hydrogen-bond donors (Lipinski definition) is 0. The number of rotatable bonds is 4. The van der Waals surface area contributed by atoms with E-state index in [1.807, 2.05) is 0 Å². The molecule has 0 radical (unpaired) electrons. The van der Waals surface area contributed by atoms with Crippen LogP contribution >= 0.6 is 0 Å². The van der Waals surface area contributed by atoms with Gasteiger partial charge in [-0.25, -0.2) is 0 Å². The summed E-state index contributed by atoms with van der Waals surface area (Å²) in [6, 6.07) is 51.4. The molecule has 0 amide bonds. The van der Waals surface area contributed by atoms with Gasteiger partial charge in [-0.1, -0.05) is 156 Å². The van der Waals surface area contributed by atoms with E-state index in [1.165, 1.54) is 83.5 Å². The van der Waals surface area contributed by atoms with Crippen LogP contribution in [-0.2, 0) is 21.7 Å². The molecule has 3 heterocycles. The van der Waals surface area contributed by atoms with E-state index in [2.05, 4.69) is 233 Å². The van der Waals surface area contributed by atoms with Crippen molar-refractivity contribution in [1.82, 2.24) is 0 Å². The topological polar surface area (TPSA) is 24.9 Å². The third-order valence-corrected chi connectivity index (χ3v) is 14.1. The molecule has 0 saturated carbocycles. The predicted molar refractivity (Wildman–Crippen MR) is 282 cm³/mol. The fourth-order valence-corrected chi connectivity index (χ4v) is 10.2. The van der Waals surface area contributed by atoms with Gasteiger partial charge in [-0.15, -0.1) is 0 Å². The summed E-state index contributed by atoms with van der Waals surface area (Å²) in [4.78, 5) is 5.04. The van der Waals surface area contributed by atoms with E-state index in [9.17, 15) is 0 Å². The average Bonchev–Trinajstić information content (AvgIpc) is 3.27. The van der Waals surface area contributed by atoms with Gasteiger partial charge in [0.1, 0.15) is 13.2 Å². The molecule has 7 aromatic rings. The summed E-state index contributed by atoms with van der Waals surface area (Å²) in [5.41, 5.74) is 22.1. The quantitative estimate of drug-likeness (QED) is 0.165. The number of nitrogens with zero attached hydrogens (tertiary/aromatic N) is 2. The van der Waals surface area contributed by atoms with Gasteiger partial charge < -0.3 is 19.3 Å². The Labute approximate surface area is 394 Å². The fourth-order valence-electron chi connectivity index (χ4n) is 10.2. The van der Waals surface area contributed by atoms with E-state index in [-0.39, 0.29) is 28.4 Å². The van der Waals surface area contributed by atoms with E-state index >= 15 is 0 Å². The highest BCUT2D eigenvalue weighted by atomic mass is 16.6. The first kappa shape index (κ1) is 43.7. The number of hydrogen-bond acceptors (Lipinski definition) is 4. The smallest absolute Gasteiger partial charge is 0.252 e. The zero-order valence-corrected chi connectivity index (χ0v) is 41.4. The minimum Gasteiger partial charge on any atom is -0.486 e. The number of fused-ring (bicyclic) bond motifs is 5. The summed E-state index contributed by atoms with van der Waals surface area (Å²) >= 11 is 0. The van der Waals surface area contributed by atoms with Crippen LogP contribution in [0.15, 0.2) is 133 Å². The Morgan fingerprint density at radius 3 is 1.29 bits per heavy atom. The number of aryl methyl sites for hydroxylation is 1. The van der Waals surface area contributed by atoms with Crippen LogP contribution in [0.1, 0.15) is 111 Å². The van der Waals surface area contributed by atoms with Gasteiger partial charge >= 0.3 is 0 Å². The third-order valence-electron chi connectivity index (χ3n) is 14.1. The summed E-state index contributed by atoms with van der Waals surface area (Å²) < 4.78 is 12.7. The van der Waals surface area contributed by atoms with Crippen molar-refractivity contribution in [3.63, 3.8) is 0 Å². The first-order valence-corrected chi connectivity index (χ1v) is 23.9. The third kappa shape index (κ3) is 7.68. The molecule has 0 bridgehead atoms. The molecule has 66 heavy (non-hydrogen) atoms. The molecule has 0 aliphatic carbocycles. The van der Waals surface area contributed by atoms with Crippen LogP contribution in [0.25, 0.3) is 22.3 Å². The summed E-state index contributed by atoms with van der Waals surface area (Å²) in [5, 5.41) is 0. The van der Waals surface area contributed by atoms with Crippen molar-refractivity contribution in [2.45, 2.75) is 112 Å². The van der Waals surface area contributed by atoms with Crippen molar-refractivity contribution in [2.24, 2.45) is 0 Å². The number of benzene rings is 7. The first-order valence-electron chi connectivity index (χ1n) is 23.9. The maximum Gasteiger partial charge on any atom is 0.252 e. The fraction of sp³-hybridized carbons (Fsp3) is 0.311. The Kier molecular flexibility index (Phi) is 10.2. The molecule has 4 nitrogen and oxygen atoms in total. The van der Waals surface area contributed by atoms with Gasteiger partial charge in [0.2, 0.25) is 0 Å². The van der Waals surface area contributed by atoms with Crippen molar-refractivity contribution in [2.75, 3.05) is 23.0 Å². The molecule has 7 aromatic carbocycles. The molecule has 0 atom stereocenters. The van der Waals surface area contributed by atoms with Gasteiger partial charge in [0, 0.05) is 40.2 Å². The van der Waals surface area contributed by atoms with Crippen LogP contribution in [0.4, 0.5) is 34.1 Å². The van der Waals surface area contributed by atoms with E-state index in [4.69, 9.17) is 9.47 Å². The lowest BCUT2D eigenvalue weighted by Crippen LogP contribution is -2.61. The second-order valence-electron chi connectivity index (χ2n) is 23.1. The Hall–Kier alpha value is -6.20. The van der Waals surface area contributed by atoms with Gasteiger partial charge in [0.05, 0.1) is 0 Å². The van der Waals surface area contributed by atoms with Crippen molar-refractivity contribution >= 4 is 57.2 Å². The zero-order chi connectivity index (χ0) is 46.7. The highest BCUT2D eigenvalue weighted by molar-refractivity contribution is 7.00. The lowest BCUT2D eigenvalue weighted by molar-refractivity contribution is 0.172. The maximum absolute atomic E-state index is 6.40. The summed E-state index contributed by atoms with van der Waals surface area (Å²) in [5.74, 6) is 1.60. The standard InChI is InChI=1S/C61H65BN2O2/c1-38-30-53-57-54(31-38)64(48-33-41(39-14-18-43(19-15-39)58(2,3)4)32-42(34-48)40-16-20-44(21-17-40)59(5,6)7)51-27-24-46(61(11,12)13)35-49(51)62(57)50-36-55-56(66-29-28-65-55)37-52(50)63(53)47-25-22-45(23-26-47)60(8,9)10/h14-27,30-37H,28-29H2,1-13H3. The lowest BCUT2D eigenvalue weighted by atomic mass is 9.33. The maximum atomic E-state index is 6.40. The molecule has 0 saturated heterocycles. The second kappa shape index (κ2) is 15.4. The summed E-state index contributed by atoms with van der Waals surface area (Å²) in [6.07, 6.45) is 0. The van der Waals surface area contributed by atoms with E-state index in [0.717, 1.165) is 28.6 Å². The largest absolute Gasteiger partial charge is 0.486 e. The van der Waals surface area contributed by atoms with Crippen LogP contribution in [0, 0.1) is 6.92 Å². The minimum absolute atomic E-state index is 0.0296. The molecule has 10 rings (SSSR count). The van der Waals surface area contributed by atoms with Crippen molar-refractivity contribution in [1.29, 1.82) is 0 Å². The molecule has 0 unspecified atom stereocenters.